The Morgan fingerprint density at radius 2 is 1.73 bits per heavy atom. The van der Waals surface area contributed by atoms with Crippen LogP contribution in [0, 0.1) is 11.8 Å². The Bertz CT molecular complexity index is 824. The molecule has 0 fully saturated rings. The second-order valence-electron chi connectivity index (χ2n) is 5.69. The second-order valence-corrected chi connectivity index (χ2v) is 7.73. The van der Waals surface area contributed by atoms with E-state index in [1.54, 1.807) is 22.7 Å². The van der Waals surface area contributed by atoms with E-state index in [4.69, 9.17) is 5.73 Å². The molecular weight excluding hydrogens is 306 g/mol. The summed E-state index contributed by atoms with van der Waals surface area (Å²) in [6.07, 6.45) is 0. The summed E-state index contributed by atoms with van der Waals surface area (Å²) in [5.41, 5.74) is 7.95. The van der Waals surface area contributed by atoms with Crippen molar-refractivity contribution in [2.45, 2.75) is 19.4 Å². The molecule has 110 valence electrons. The highest BCUT2D eigenvalue weighted by Gasteiger charge is 2.06. The van der Waals surface area contributed by atoms with Gasteiger partial charge in [-0.1, -0.05) is 36.1 Å². The summed E-state index contributed by atoms with van der Waals surface area (Å²) >= 11 is 3.47. The minimum atomic E-state index is -0.455. The van der Waals surface area contributed by atoms with Gasteiger partial charge in [0.15, 0.2) is 0 Å². The van der Waals surface area contributed by atoms with E-state index in [1.807, 2.05) is 13.8 Å². The summed E-state index contributed by atoms with van der Waals surface area (Å²) in [6, 6.07) is 17.1. The van der Waals surface area contributed by atoms with Crippen molar-refractivity contribution >= 4 is 22.7 Å². The lowest BCUT2D eigenvalue weighted by molar-refractivity contribution is 0.681. The van der Waals surface area contributed by atoms with Crippen LogP contribution in [0.1, 0.15) is 18.7 Å². The van der Waals surface area contributed by atoms with Crippen molar-refractivity contribution in [2.24, 2.45) is 5.73 Å². The summed E-state index contributed by atoms with van der Waals surface area (Å²) in [5.74, 6) is 6.24. The number of rotatable bonds is 2. The van der Waals surface area contributed by atoms with Gasteiger partial charge in [0, 0.05) is 9.75 Å². The van der Waals surface area contributed by atoms with Gasteiger partial charge in [-0.15, -0.1) is 22.7 Å². The fourth-order valence-electron chi connectivity index (χ4n) is 2.05. The van der Waals surface area contributed by atoms with Crippen molar-refractivity contribution < 1.29 is 0 Å². The van der Waals surface area contributed by atoms with Crippen LogP contribution in [0.4, 0.5) is 0 Å². The Morgan fingerprint density at radius 1 is 0.955 bits per heavy atom. The zero-order valence-corrected chi connectivity index (χ0v) is 14.2. The zero-order chi connectivity index (χ0) is 15.6. The van der Waals surface area contributed by atoms with Crippen LogP contribution in [0.25, 0.3) is 20.9 Å². The maximum atomic E-state index is 5.91. The lowest BCUT2D eigenvalue weighted by Gasteiger charge is -2.06. The Hall–Kier alpha value is -1.86. The Balaban J connectivity index is 1.90. The molecule has 0 atom stereocenters. The smallest absolute Gasteiger partial charge is 0.0775 e. The molecule has 0 aliphatic rings. The Labute approximate surface area is 139 Å². The molecule has 3 heteroatoms. The van der Waals surface area contributed by atoms with Crippen LogP contribution in [0.5, 0.6) is 0 Å². The summed E-state index contributed by atoms with van der Waals surface area (Å²) in [6.45, 7) is 3.83. The normalized spacial score (nSPS) is 11.0. The largest absolute Gasteiger partial charge is 0.316 e. The minimum absolute atomic E-state index is 0.455. The molecule has 0 aliphatic heterocycles. The van der Waals surface area contributed by atoms with E-state index in [-0.39, 0.29) is 0 Å². The number of hydrogen-bond acceptors (Lipinski definition) is 3. The van der Waals surface area contributed by atoms with Crippen molar-refractivity contribution in [2.75, 3.05) is 0 Å². The van der Waals surface area contributed by atoms with Gasteiger partial charge in [-0.25, -0.2) is 0 Å². The van der Waals surface area contributed by atoms with Crippen LogP contribution in [-0.2, 0) is 0 Å². The van der Waals surface area contributed by atoms with E-state index in [9.17, 15) is 0 Å². The maximum Gasteiger partial charge on any atom is 0.0775 e. The molecule has 2 N–H and O–H groups in total. The highest BCUT2D eigenvalue weighted by Crippen LogP contribution is 2.32. The van der Waals surface area contributed by atoms with E-state index in [1.165, 1.54) is 20.9 Å². The summed E-state index contributed by atoms with van der Waals surface area (Å²) < 4.78 is 0. The lowest BCUT2D eigenvalue weighted by Crippen LogP contribution is -2.29. The van der Waals surface area contributed by atoms with Gasteiger partial charge >= 0.3 is 0 Å². The molecule has 0 bridgehead atoms. The van der Waals surface area contributed by atoms with Gasteiger partial charge in [0.1, 0.15) is 0 Å². The molecular formula is C19H17NS2. The van der Waals surface area contributed by atoms with Crippen LogP contribution in [0.15, 0.2) is 53.9 Å². The molecule has 0 radical (unpaired) electrons. The molecule has 2 heterocycles. The highest BCUT2D eigenvalue weighted by atomic mass is 32.1. The van der Waals surface area contributed by atoms with Crippen molar-refractivity contribution in [3.8, 4) is 32.7 Å². The van der Waals surface area contributed by atoms with Gasteiger partial charge in [0.25, 0.3) is 0 Å². The molecule has 0 saturated carbocycles. The van der Waals surface area contributed by atoms with Gasteiger partial charge in [-0.2, -0.15) is 0 Å². The van der Waals surface area contributed by atoms with Gasteiger partial charge in [-0.3, -0.25) is 0 Å². The molecule has 0 saturated heterocycles. The van der Waals surface area contributed by atoms with Gasteiger partial charge in [0.05, 0.1) is 10.4 Å². The monoisotopic (exact) mass is 323 g/mol. The van der Waals surface area contributed by atoms with Crippen LogP contribution in [0.3, 0.4) is 0 Å². The first-order valence-electron chi connectivity index (χ1n) is 7.07. The minimum Gasteiger partial charge on any atom is -0.316 e. The molecule has 2 aromatic heterocycles. The fraction of sp³-hybridized carbons (Fsp3) is 0.158. The van der Waals surface area contributed by atoms with Crippen LogP contribution in [-0.4, -0.2) is 5.54 Å². The number of thiophene rings is 2. The third kappa shape index (κ3) is 3.66. The van der Waals surface area contributed by atoms with Crippen molar-refractivity contribution in [3.05, 3.63) is 58.8 Å². The molecule has 1 aromatic carbocycles. The average molecular weight is 323 g/mol. The first-order chi connectivity index (χ1) is 10.5. The third-order valence-corrected chi connectivity index (χ3v) is 5.04. The van der Waals surface area contributed by atoms with Gasteiger partial charge in [0.2, 0.25) is 0 Å². The van der Waals surface area contributed by atoms with E-state index in [2.05, 4.69) is 65.8 Å². The molecule has 1 nitrogen and oxygen atoms in total. The van der Waals surface area contributed by atoms with Crippen molar-refractivity contribution in [1.29, 1.82) is 0 Å². The molecule has 22 heavy (non-hydrogen) atoms. The third-order valence-electron chi connectivity index (χ3n) is 3.07. The molecule has 0 spiro atoms. The van der Waals surface area contributed by atoms with Crippen LogP contribution >= 0.6 is 22.7 Å². The molecule has 3 aromatic rings. The van der Waals surface area contributed by atoms with Crippen LogP contribution < -0.4 is 5.73 Å². The van der Waals surface area contributed by atoms with E-state index < -0.39 is 5.54 Å². The summed E-state index contributed by atoms with van der Waals surface area (Å²) in [5, 5.41) is 2.11. The number of nitrogens with two attached hydrogens (primary N) is 1. The topological polar surface area (TPSA) is 26.0 Å². The summed E-state index contributed by atoms with van der Waals surface area (Å²) in [7, 11) is 0. The SMILES string of the molecule is CC(C)(N)C#Cc1ccc(-c2cccc(-c3cccs3)c2)s1. The molecule has 0 aliphatic carbocycles. The van der Waals surface area contributed by atoms with Crippen molar-refractivity contribution in [1.82, 2.24) is 0 Å². The van der Waals surface area contributed by atoms with Crippen molar-refractivity contribution in [3.63, 3.8) is 0 Å². The Morgan fingerprint density at radius 3 is 2.41 bits per heavy atom. The predicted octanol–water partition coefficient (Wildman–Crippen LogP) is 5.23. The number of hydrogen-bond donors (Lipinski definition) is 1. The van der Waals surface area contributed by atoms with E-state index in [0.29, 0.717) is 0 Å². The zero-order valence-electron chi connectivity index (χ0n) is 12.6. The van der Waals surface area contributed by atoms with Gasteiger partial charge < -0.3 is 5.73 Å². The molecule has 0 unspecified atom stereocenters. The predicted molar refractivity (Wildman–Crippen MR) is 98.2 cm³/mol. The second kappa shape index (κ2) is 6.10. The van der Waals surface area contributed by atoms with Gasteiger partial charge in [-0.05, 0) is 54.6 Å². The summed E-state index contributed by atoms with van der Waals surface area (Å²) in [4.78, 5) is 3.58. The maximum absolute atomic E-state index is 5.91. The van der Waals surface area contributed by atoms with E-state index >= 15 is 0 Å². The quantitative estimate of drug-likeness (QED) is 0.642. The Kier molecular flexibility index (Phi) is 4.17. The molecule has 0 amide bonds. The fourth-order valence-corrected chi connectivity index (χ4v) is 3.63. The first kappa shape index (κ1) is 15.1. The lowest BCUT2D eigenvalue weighted by atomic mass is 10.1. The number of benzene rings is 1. The van der Waals surface area contributed by atoms with Crippen LogP contribution in [0.2, 0.25) is 0 Å². The highest BCUT2D eigenvalue weighted by molar-refractivity contribution is 7.16. The average Bonchev–Trinajstić information content (AvgIpc) is 3.16. The first-order valence-corrected chi connectivity index (χ1v) is 8.77. The standard InChI is InChI=1S/C19H17NS2/c1-19(2,20)11-10-16-8-9-18(22-16)15-6-3-5-14(13-15)17-7-4-12-21-17/h3-9,12-13H,20H2,1-2H3. The van der Waals surface area contributed by atoms with E-state index in [0.717, 1.165) is 4.88 Å². The molecule has 3 rings (SSSR count).